The maximum absolute atomic E-state index is 12.4. The van der Waals surface area contributed by atoms with Gasteiger partial charge in [-0.2, -0.15) is 0 Å². The quantitative estimate of drug-likeness (QED) is 0.360. The summed E-state index contributed by atoms with van der Waals surface area (Å²) < 4.78 is 11.5. The largest absolute Gasteiger partial charge is 1.00 e. The number of ether oxygens (including phenoxy) is 2. The molecule has 0 saturated heterocycles. The molecular formula is C21H41KO4. The van der Waals surface area contributed by atoms with Crippen LogP contribution in [0.4, 0.5) is 0 Å². The Morgan fingerprint density at radius 3 is 1.15 bits per heavy atom. The van der Waals surface area contributed by atoms with Gasteiger partial charge in [0.15, 0.2) is 0 Å². The van der Waals surface area contributed by atoms with Crippen LogP contribution in [0.25, 0.3) is 0 Å². The molecule has 0 N–H and O–H groups in total. The Morgan fingerprint density at radius 1 is 0.692 bits per heavy atom. The molecule has 26 heavy (non-hydrogen) atoms. The first-order valence-electron chi connectivity index (χ1n) is 9.55. The van der Waals surface area contributed by atoms with E-state index in [2.05, 4.69) is 13.8 Å². The van der Waals surface area contributed by atoms with Crippen molar-refractivity contribution in [1.82, 2.24) is 0 Å². The molecule has 0 aliphatic heterocycles. The second-order valence-electron chi connectivity index (χ2n) is 9.59. The standard InChI is InChI=1S/C21H40O4.K.H/c1-11-13-20(9,18(3,4)5)24-16(22)15-17(23)25-21(10,14-12-2)19(6,7)8;;/h11-15H2,1-10H3;;/q;+1;-1. The van der Waals surface area contributed by atoms with Crippen LogP contribution in [0.2, 0.25) is 0 Å². The average molecular weight is 397 g/mol. The third kappa shape index (κ3) is 8.30. The molecule has 0 aliphatic rings. The van der Waals surface area contributed by atoms with Gasteiger partial charge in [-0.05, 0) is 26.7 Å². The van der Waals surface area contributed by atoms with Crippen LogP contribution in [0.1, 0.15) is 103 Å². The van der Waals surface area contributed by atoms with E-state index >= 15 is 0 Å². The zero-order chi connectivity index (χ0) is 20.1. The molecule has 0 aromatic carbocycles. The van der Waals surface area contributed by atoms with E-state index in [9.17, 15) is 9.59 Å². The van der Waals surface area contributed by atoms with Gasteiger partial charge in [-0.3, -0.25) is 9.59 Å². The summed E-state index contributed by atoms with van der Waals surface area (Å²) >= 11 is 0. The Morgan fingerprint density at radius 2 is 0.962 bits per heavy atom. The van der Waals surface area contributed by atoms with Crippen LogP contribution in [-0.2, 0) is 19.1 Å². The molecule has 0 amide bonds. The molecule has 2 atom stereocenters. The van der Waals surface area contributed by atoms with Crippen LogP contribution in [0.3, 0.4) is 0 Å². The number of carbonyl (C=O) groups is 2. The van der Waals surface area contributed by atoms with Gasteiger partial charge in [-0.25, -0.2) is 0 Å². The van der Waals surface area contributed by atoms with E-state index in [-0.39, 0.29) is 70.1 Å². The Balaban J connectivity index is -0.00000288. The number of hydrogen-bond donors (Lipinski definition) is 0. The molecule has 0 saturated carbocycles. The van der Waals surface area contributed by atoms with Crippen LogP contribution >= 0.6 is 0 Å². The molecule has 0 radical (unpaired) electrons. The molecule has 0 aromatic rings. The van der Waals surface area contributed by atoms with Crippen molar-refractivity contribution in [1.29, 1.82) is 0 Å². The molecule has 0 heterocycles. The van der Waals surface area contributed by atoms with Crippen LogP contribution in [0.15, 0.2) is 0 Å². The third-order valence-corrected chi connectivity index (χ3v) is 5.59. The summed E-state index contributed by atoms with van der Waals surface area (Å²) in [6, 6.07) is 0. The molecule has 5 heteroatoms. The van der Waals surface area contributed by atoms with Gasteiger partial charge in [-0.15, -0.1) is 0 Å². The summed E-state index contributed by atoms with van der Waals surface area (Å²) in [4.78, 5) is 24.7. The van der Waals surface area contributed by atoms with Gasteiger partial charge in [-0.1, -0.05) is 68.2 Å². The fraction of sp³-hybridized carbons (Fsp3) is 0.905. The van der Waals surface area contributed by atoms with Crippen molar-refractivity contribution in [2.24, 2.45) is 10.8 Å². The minimum atomic E-state index is -0.601. The second kappa shape index (κ2) is 10.9. The van der Waals surface area contributed by atoms with E-state index in [1.165, 1.54) is 0 Å². The maximum atomic E-state index is 12.4. The first-order chi connectivity index (χ1) is 11.1. The van der Waals surface area contributed by atoms with Gasteiger partial charge in [0.2, 0.25) is 0 Å². The van der Waals surface area contributed by atoms with E-state index in [0.29, 0.717) is 0 Å². The molecule has 150 valence electrons. The van der Waals surface area contributed by atoms with E-state index in [1.54, 1.807) is 0 Å². The molecule has 4 nitrogen and oxygen atoms in total. The van der Waals surface area contributed by atoms with Gasteiger partial charge in [0.1, 0.15) is 17.6 Å². The SMILES string of the molecule is CCCC(C)(OC(=O)CC(=O)OC(C)(CCC)C(C)(C)C)C(C)(C)C.[H-].[K+]. The van der Waals surface area contributed by atoms with Crippen molar-refractivity contribution >= 4 is 11.9 Å². The Hall–Kier alpha value is 0.576. The Labute approximate surface area is 205 Å². The number of carbonyl (C=O) groups excluding carboxylic acids is 2. The third-order valence-electron chi connectivity index (χ3n) is 5.59. The fourth-order valence-electron chi connectivity index (χ4n) is 2.80. The molecule has 0 rings (SSSR count). The predicted octanol–water partition coefficient (Wildman–Crippen LogP) is 2.79. The van der Waals surface area contributed by atoms with Crippen LogP contribution < -0.4 is 51.4 Å². The van der Waals surface area contributed by atoms with Crippen molar-refractivity contribution in [3.05, 3.63) is 0 Å². The molecular weight excluding hydrogens is 355 g/mol. The van der Waals surface area contributed by atoms with Crippen molar-refractivity contribution < 1.29 is 71.9 Å². The zero-order valence-corrected chi connectivity index (χ0v) is 22.3. The van der Waals surface area contributed by atoms with Gasteiger partial charge in [0, 0.05) is 10.8 Å². The zero-order valence-electron chi connectivity index (χ0n) is 20.2. The van der Waals surface area contributed by atoms with Crippen molar-refractivity contribution in [3.8, 4) is 0 Å². The van der Waals surface area contributed by atoms with Crippen molar-refractivity contribution in [2.45, 2.75) is 113 Å². The number of hydrogen-bond acceptors (Lipinski definition) is 4. The van der Waals surface area contributed by atoms with Gasteiger partial charge >= 0.3 is 63.3 Å². The molecule has 0 aliphatic carbocycles. The Bertz CT molecular complexity index is 426. The summed E-state index contributed by atoms with van der Waals surface area (Å²) in [5, 5.41) is 0. The summed E-state index contributed by atoms with van der Waals surface area (Å²) in [5.74, 6) is -1.02. The van der Waals surface area contributed by atoms with Crippen LogP contribution in [0, 0.1) is 10.8 Å². The molecule has 0 bridgehead atoms. The van der Waals surface area contributed by atoms with Crippen LogP contribution in [-0.4, -0.2) is 23.1 Å². The molecule has 0 spiro atoms. The van der Waals surface area contributed by atoms with Crippen molar-refractivity contribution in [2.75, 3.05) is 0 Å². The van der Waals surface area contributed by atoms with Gasteiger partial charge in [0.05, 0.1) is 0 Å². The summed E-state index contributed by atoms with van der Waals surface area (Å²) in [5.41, 5.74) is -1.61. The molecule has 0 aromatic heterocycles. The smallest absolute Gasteiger partial charge is 1.00 e. The minimum absolute atomic E-state index is 0. The van der Waals surface area contributed by atoms with E-state index in [0.717, 1.165) is 25.7 Å². The summed E-state index contributed by atoms with van der Waals surface area (Å²) in [6.07, 6.45) is 2.98. The van der Waals surface area contributed by atoms with E-state index in [4.69, 9.17) is 9.47 Å². The normalized spacial score (nSPS) is 16.7. The first kappa shape index (κ1) is 28.8. The van der Waals surface area contributed by atoms with Crippen LogP contribution in [0.5, 0.6) is 0 Å². The van der Waals surface area contributed by atoms with Gasteiger partial charge in [0.25, 0.3) is 0 Å². The monoisotopic (exact) mass is 396 g/mol. The number of esters is 2. The average Bonchev–Trinajstić information content (AvgIpc) is 2.35. The number of rotatable bonds is 8. The molecule has 0 fully saturated rings. The minimum Gasteiger partial charge on any atom is -1.00 e. The van der Waals surface area contributed by atoms with E-state index < -0.39 is 23.1 Å². The summed E-state index contributed by atoms with van der Waals surface area (Å²) in [6.45, 7) is 20.3. The fourth-order valence-corrected chi connectivity index (χ4v) is 2.80. The summed E-state index contributed by atoms with van der Waals surface area (Å²) in [7, 11) is 0. The van der Waals surface area contributed by atoms with Gasteiger partial charge < -0.3 is 10.9 Å². The molecule has 2 unspecified atom stereocenters. The second-order valence-corrected chi connectivity index (χ2v) is 9.59. The Kier molecular flexibility index (Phi) is 12.1. The van der Waals surface area contributed by atoms with E-state index in [1.807, 2.05) is 55.4 Å². The topological polar surface area (TPSA) is 52.6 Å². The van der Waals surface area contributed by atoms with Crippen molar-refractivity contribution in [3.63, 3.8) is 0 Å². The first-order valence-corrected chi connectivity index (χ1v) is 9.55. The maximum Gasteiger partial charge on any atom is 1.00 e. The predicted molar refractivity (Wildman–Crippen MR) is 103 cm³/mol.